The number of carbonyl (C=O) groups is 3. The van der Waals surface area contributed by atoms with Crippen molar-refractivity contribution in [3.8, 4) is 0 Å². The van der Waals surface area contributed by atoms with E-state index in [2.05, 4.69) is 6.58 Å². The van der Waals surface area contributed by atoms with Crippen molar-refractivity contribution < 1.29 is 33.7 Å². The summed E-state index contributed by atoms with van der Waals surface area (Å²) in [4.78, 5) is 36.8. The molecule has 0 radical (unpaired) electrons. The van der Waals surface area contributed by atoms with E-state index in [0.29, 0.717) is 18.4 Å². The topological polar surface area (TPSA) is 99.1 Å². The maximum Gasteiger partial charge on any atom is 0.336 e. The van der Waals surface area contributed by atoms with Crippen LogP contribution < -0.4 is 0 Å². The largest absolute Gasteiger partial charge is 0.466 e. The average molecular weight is 390 g/mol. The van der Waals surface area contributed by atoms with Crippen LogP contribution >= 0.6 is 0 Å². The maximum absolute atomic E-state index is 12.4. The van der Waals surface area contributed by atoms with Crippen LogP contribution in [-0.4, -0.2) is 48.4 Å². The van der Waals surface area contributed by atoms with Crippen molar-refractivity contribution in [2.24, 2.45) is 5.92 Å². The number of ether oxygens (including phenoxy) is 3. The van der Waals surface area contributed by atoms with Gasteiger partial charge in [0.15, 0.2) is 0 Å². The fourth-order valence-corrected chi connectivity index (χ4v) is 3.24. The molecule has 1 fully saturated rings. The molecule has 0 aromatic rings. The van der Waals surface area contributed by atoms with Gasteiger partial charge in [0.05, 0.1) is 18.6 Å². The molecule has 0 unspecified atom stereocenters. The van der Waals surface area contributed by atoms with Gasteiger partial charge in [0, 0.05) is 11.1 Å². The molecule has 2 aliphatic rings. The highest BCUT2D eigenvalue weighted by atomic mass is 16.6. The Kier molecular flexibility index (Phi) is 6.96. The van der Waals surface area contributed by atoms with Gasteiger partial charge in [-0.3, -0.25) is 0 Å². The second-order valence-corrected chi connectivity index (χ2v) is 6.91. The Bertz CT molecular complexity index is 772. The summed E-state index contributed by atoms with van der Waals surface area (Å²) >= 11 is 0. The summed E-state index contributed by atoms with van der Waals surface area (Å²) in [6, 6.07) is 0. The van der Waals surface area contributed by atoms with Gasteiger partial charge in [0.1, 0.15) is 18.3 Å². The standard InChI is InChI=1S/C21H26O7/c1-6-12(3)19(23)28-18-16-13(4)20(24)27-15(16)10-11(2)8-7-9-14(17(18)22)21(25)26-5/h6,9-10,15-18,22H,4,7-8H2,1-3,5H3/b11-10?,12-6-,14-9?/t15-,16-,17-,18-/m1/s1. The highest BCUT2D eigenvalue weighted by molar-refractivity contribution is 5.93. The normalized spacial score (nSPS) is 28.5. The van der Waals surface area contributed by atoms with Crippen LogP contribution in [0.25, 0.3) is 0 Å². The van der Waals surface area contributed by atoms with E-state index < -0.39 is 42.1 Å². The number of fused-ring (bicyclic) bond motifs is 1. The van der Waals surface area contributed by atoms with Crippen LogP contribution in [0.1, 0.15) is 33.6 Å². The third-order valence-corrected chi connectivity index (χ3v) is 5.02. The summed E-state index contributed by atoms with van der Waals surface area (Å²) in [5.74, 6) is -2.86. The zero-order valence-corrected chi connectivity index (χ0v) is 16.6. The highest BCUT2D eigenvalue weighted by Gasteiger charge is 2.48. The molecular formula is C21H26O7. The Morgan fingerprint density at radius 3 is 2.68 bits per heavy atom. The minimum Gasteiger partial charge on any atom is -0.466 e. The van der Waals surface area contributed by atoms with Gasteiger partial charge < -0.3 is 19.3 Å². The van der Waals surface area contributed by atoms with Crippen molar-refractivity contribution in [1.29, 1.82) is 0 Å². The summed E-state index contributed by atoms with van der Waals surface area (Å²) in [5, 5.41) is 11.0. The van der Waals surface area contributed by atoms with Gasteiger partial charge in [-0.1, -0.05) is 24.3 Å². The summed E-state index contributed by atoms with van der Waals surface area (Å²) in [6.45, 7) is 8.88. The summed E-state index contributed by atoms with van der Waals surface area (Å²) in [6.07, 6.45) is 2.46. The second-order valence-electron chi connectivity index (χ2n) is 6.91. The van der Waals surface area contributed by atoms with Gasteiger partial charge in [-0.2, -0.15) is 0 Å². The fraction of sp³-hybridized carbons (Fsp3) is 0.476. The summed E-state index contributed by atoms with van der Waals surface area (Å²) in [5.41, 5.74) is 1.31. The lowest BCUT2D eigenvalue weighted by Crippen LogP contribution is -2.44. The Labute approximate surface area is 164 Å². The van der Waals surface area contributed by atoms with Gasteiger partial charge >= 0.3 is 17.9 Å². The van der Waals surface area contributed by atoms with Gasteiger partial charge in [0.2, 0.25) is 0 Å². The molecule has 0 amide bonds. The quantitative estimate of drug-likeness (QED) is 0.341. The number of hydrogen-bond acceptors (Lipinski definition) is 7. The molecule has 0 aromatic heterocycles. The Morgan fingerprint density at radius 1 is 1.39 bits per heavy atom. The molecular weight excluding hydrogens is 364 g/mol. The van der Waals surface area contributed by atoms with Crippen molar-refractivity contribution in [3.05, 3.63) is 47.1 Å². The fourth-order valence-electron chi connectivity index (χ4n) is 3.24. The molecule has 7 heteroatoms. The van der Waals surface area contributed by atoms with E-state index in [1.54, 1.807) is 32.1 Å². The van der Waals surface area contributed by atoms with E-state index in [9.17, 15) is 19.5 Å². The van der Waals surface area contributed by atoms with Crippen molar-refractivity contribution in [1.82, 2.24) is 0 Å². The third kappa shape index (κ3) is 4.42. The predicted molar refractivity (Wildman–Crippen MR) is 101 cm³/mol. The molecule has 4 atom stereocenters. The smallest absolute Gasteiger partial charge is 0.336 e. The molecule has 0 saturated carbocycles. The molecule has 1 N–H and O–H groups in total. The van der Waals surface area contributed by atoms with Gasteiger partial charge in [0.25, 0.3) is 0 Å². The molecule has 1 saturated heterocycles. The molecule has 0 bridgehead atoms. The minimum atomic E-state index is -1.51. The number of aliphatic hydroxyl groups is 1. The van der Waals surface area contributed by atoms with E-state index in [0.717, 1.165) is 5.57 Å². The van der Waals surface area contributed by atoms with Crippen molar-refractivity contribution >= 4 is 17.9 Å². The molecule has 1 heterocycles. The number of rotatable bonds is 3. The van der Waals surface area contributed by atoms with Crippen LogP contribution in [0.15, 0.2) is 47.1 Å². The van der Waals surface area contributed by atoms with Crippen LogP contribution in [0.5, 0.6) is 0 Å². The minimum absolute atomic E-state index is 0.0287. The SMILES string of the molecule is C=C1C(=O)O[C@@H]2C=C(C)CCC=C(C(=O)OC)[C@@H](O)[C@H](OC(=O)/C(C)=C\C)[C@H]12. The molecule has 1 aliphatic heterocycles. The van der Waals surface area contributed by atoms with Crippen molar-refractivity contribution in [2.75, 3.05) is 7.11 Å². The lowest BCUT2D eigenvalue weighted by molar-refractivity contribution is -0.155. The third-order valence-electron chi connectivity index (χ3n) is 5.02. The van der Waals surface area contributed by atoms with Crippen LogP contribution in [0.4, 0.5) is 0 Å². The van der Waals surface area contributed by atoms with E-state index in [-0.39, 0.29) is 11.1 Å². The predicted octanol–water partition coefficient (Wildman–Crippen LogP) is 2.16. The van der Waals surface area contributed by atoms with Crippen LogP contribution in [0, 0.1) is 5.92 Å². The van der Waals surface area contributed by atoms with Gasteiger partial charge in [-0.15, -0.1) is 0 Å². The Balaban J connectivity index is 2.57. The monoisotopic (exact) mass is 390 g/mol. The zero-order chi connectivity index (χ0) is 21.0. The number of methoxy groups -OCH3 is 1. The number of hydrogen-bond donors (Lipinski definition) is 1. The molecule has 0 spiro atoms. The first-order valence-corrected chi connectivity index (χ1v) is 9.08. The molecule has 7 nitrogen and oxygen atoms in total. The average Bonchev–Trinajstić information content (AvgIpc) is 2.94. The van der Waals surface area contributed by atoms with Crippen molar-refractivity contribution in [3.63, 3.8) is 0 Å². The number of aliphatic hydroxyl groups excluding tert-OH is 1. The molecule has 2 rings (SSSR count). The summed E-state index contributed by atoms with van der Waals surface area (Å²) in [7, 11) is 1.20. The lowest BCUT2D eigenvalue weighted by Gasteiger charge is -2.31. The van der Waals surface area contributed by atoms with E-state index >= 15 is 0 Å². The first-order chi connectivity index (χ1) is 13.2. The maximum atomic E-state index is 12.4. The number of carbonyl (C=O) groups excluding carboxylic acids is 3. The molecule has 152 valence electrons. The number of esters is 3. The summed E-state index contributed by atoms with van der Waals surface area (Å²) < 4.78 is 15.7. The first-order valence-electron chi connectivity index (χ1n) is 9.08. The lowest BCUT2D eigenvalue weighted by atomic mass is 9.83. The Hall–Kier alpha value is -2.67. The van der Waals surface area contributed by atoms with Crippen molar-refractivity contribution in [2.45, 2.75) is 51.9 Å². The van der Waals surface area contributed by atoms with Crippen LogP contribution in [-0.2, 0) is 28.6 Å². The zero-order valence-electron chi connectivity index (χ0n) is 16.6. The van der Waals surface area contributed by atoms with Gasteiger partial charge in [-0.25, -0.2) is 14.4 Å². The van der Waals surface area contributed by atoms with Gasteiger partial charge in [-0.05, 0) is 39.7 Å². The first kappa shape index (κ1) is 21.6. The second kappa shape index (κ2) is 9.01. The molecule has 1 aliphatic carbocycles. The Morgan fingerprint density at radius 2 is 2.07 bits per heavy atom. The molecule has 28 heavy (non-hydrogen) atoms. The van der Waals surface area contributed by atoms with E-state index in [4.69, 9.17) is 14.2 Å². The number of allylic oxidation sites excluding steroid dienone is 3. The molecule has 0 aromatic carbocycles. The highest BCUT2D eigenvalue weighted by Crippen LogP contribution is 2.37. The van der Waals surface area contributed by atoms with Crippen LogP contribution in [0.3, 0.4) is 0 Å². The van der Waals surface area contributed by atoms with Crippen LogP contribution in [0.2, 0.25) is 0 Å². The van der Waals surface area contributed by atoms with E-state index in [1.165, 1.54) is 7.11 Å². The van der Waals surface area contributed by atoms with E-state index in [1.807, 2.05) is 6.92 Å².